The van der Waals surface area contributed by atoms with Crippen LogP contribution in [0.3, 0.4) is 0 Å². The number of ether oxygens (including phenoxy) is 1. The topological polar surface area (TPSA) is 98.7 Å². The number of aromatic hydroxyl groups is 1. The lowest BCUT2D eigenvalue weighted by molar-refractivity contribution is 0.0706. The maximum atomic E-state index is 13.1. The van der Waals surface area contributed by atoms with Gasteiger partial charge in [-0.15, -0.1) is 0 Å². The van der Waals surface area contributed by atoms with Gasteiger partial charge in [-0.25, -0.2) is 0 Å². The van der Waals surface area contributed by atoms with E-state index < -0.39 is 6.04 Å². The first-order chi connectivity index (χ1) is 15.0. The number of phenolic OH excluding ortho intramolecular Hbond substituents is 1. The molecule has 1 aliphatic heterocycles. The first kappa shape index (κ1) is 20.9. The summed E-state index contributed by atoms with van der Waals surface area (Å²) < 4.78 is 5.69. The number of nitrogens with zero attached hydrogens (tertiary/aromatic N) is 2. The highest BCUT2D eigenvalue weighted by Gasteiger charge is 2.42. The number of carbonyl (C=O) groups is 1. The average molecular weight is 421 g/mol. The first-order valence-corrected chi connectivity index (χ1v) is 10.5. The van der Waals surface area contributed by atoms with E-state index in [4.69, 9.17) is 4.74 Å². The number of benzene rings is 2. The number of aromatic amines is 1. The molecule has 0 unspecified atom stereocenters. The second-order valence-corrected chi connectivity index (χ2v) is 7.88. The Bertz CT molecular complexity index is 1080. The van der Waals surface area contributed by atoms with Gasteiger partial charge in [-0.05, 0) is 55.2 Å². The summed E-state index contributed by atoms with van der Waals surface area (Å²) in [7, 11) is 0. The number of aromatic nitrogens is 2. The van der Waals surface area contributed by atoms with Crippen molar-refractivity contribution in [1.29, 1.82) is 0 Å². The van der Waals surface area contributed by atoms with Crippen molar-refractivity contribution in [3.8, 4) is 22.8 Å². The average Bonchev–Trinajstić information content (AvgIpc) is 3.26. The van der Waals surface area contributed by atoms with Crippen molar-refractivity contribution < 1.29 is 19.7 Å². The number of β-amino-alcohol motifs (C(OH)–C–C–N with tert-alkyl or cyclic N) is 1. The SMILES string of the molecule is CCCOc1ccc([C@@H]2c3c(-c4c(C)cc(C)cc4O)n[nH]c3C(=O)N2CCO)cc1. The maximum Gasteiger partial charge on any atom is 0.273 e. The van der Waals surface area contributed by atoms with E-state index in [1.165, 1.54) is 0 Å². The number of H-pyrrole nitrogens is 1. The van der Waals surface area contributed by atoms with Crippen LogP contribution in [0.1, 0.15) is 52.1 Å². The highest BCUT2D eigenvalue weighted by Crippen LogP contribution is 2.45. The predicted molar refractivity (Wildman–Crippen MR) is 117 cm³/mol. The molecular weight excluding hydrogens is 394 g/mol. The molecule has 162 valence electrons. The van der Waals surface area contributed by atoms with Gasteiger partial charge < -0.3 is 19.8 Å². The Hall–Kier alpha value is -3.32. The Morgan fingerprint density at radius 3 is 2.58 bits per heavy atom. The molecule has 31 heavy (non-hydrogen) atoms. The molecule has 7 heteroatoms. The molecule has 0 spiro atoms. The van der Waals surface area contributed by atoms with E-state index in [1.54, 1.807) is 11.0 Å². The fourth-order valence-electron chi connectivity index (χ4n) is 4.29. The lowest BCUT2D eigenvalue weighted by atomic mass is 9.93. The predicted octanol–water partition coefficient (Wildman–Crippen LogP) is 3.73. The van der Waals surface area contributed by atoms with Gasteiger partial charge in [-0.2, -0.15) is 5.10 Å². The fourth-order valence-corrected chi connectivity index (χ4v) is 4.29. The summed E-state index contributed by atoms with van der Waals surface area (Å²) in [4.78, 5) is 14.7. The van der Waals surface area contributed by atoms with E-state index in [9.17, 15) is 15.0 Å². The van der Waals surface area contributed by atoms with Gasteiger partial charge >= 0.3 is 0 Å². The van der Waals surface area contributed by atoms with Crippen LogP contribution < -0.4 is 4.74 Å². The zero-order valence-corrected chi connectivity index (χ0v) is 18.0. The minimum Gasteiger partial charge on any atom is -0.507 e. The number of fused-ring (bicyclic) bond motifs is 1. The molecule has 1 atom stereocenters. The molecule has 1 aromatic heterocycles. The second-order valence-electron chi connectivity index (χ2n) is 7.88. The molecule has 3 aromatic rings. The van der Waals surface area contributed by atoms with Crippen molar-refractivity contribution in [3.05, 3.63) is 64.3 Å². The van der Waals surface area contributed by atoms with Crippen LogP contribution in [-0.2, 0) is 0 Å². The number of aliphatic hydroxyl groups excluding tert-OH is 1. The molecule has 4 rings (SSSR count). The third kappa shape index (κ3) is 3.65. The van der Waals surface area contributed by atoms with E-state index in [0.29, 0.717) is 29.1 Å². The van der Waals surface area contributed by atoms with Gasteiger partial charge in [0.25, 0.3) is 5.91 Å². The smallest absolute Gasteiger partial charge is 0.273 e. The highest BCUT2D eigenvalue weighted by atomic mass is 16.5. The third-order valence-electron chi connectivity index (χ3n) is 5.57. The Kier molecular flexibility index (Phi) is 5.69. The minimum absolute atomic E-state index is 0.127. The first-order valence-electron chi connectivity index (χ1n) is 10.5. The lowest BCUT2D eigenvalue weighted by Gasteiger charge is -2.26. The highest BCUT2D eigenvalue weighted by molar-refractivity contribution is 6.00. The summed E-state index contributed by atoms with van der Waals surface area (Å²) in [6, 6.07) is 10.9. The van der Waals surface area contributed by atoms with Crippen LogP contribution >= 0.6 is 0 Å². The molecule has 0 bridgehead atoms. The van der Waals surface area contributed by atoms with Gasteiger partial charge in [-0.1, -0.05) is 25.1 Å². The molecule has 0 aliphatic carbocycles. The number of carbonyl (C=O) groups excluding carboxylic acids is 1. The largest absolute Gasteiger partial charge is 0.507 e. The Balaban J connectivity index is 1.84. The number of aliphatic hydroxyl groups is 1. The van der Waals surface area contributed by atoms with E-state index in [2.05, 4.69) is 17.1 Å². The number of aryl methyl sites for hydroxylation is 2. The zero-order chi connectivity index (χ0) is 22.1. The molecule has 1 amide bonds. The summed E-state index contributed by atoms with van der Waals surface area (Å²) in [6.45, 7) is 6.57. The Morgan fingerprint density at radius 2 is 1.94 bits per heavy atom. The van der Waals surface area contributed by atoms with Crippen molar-refractivity contribution in [2.24, 2.45) is 0 Å². The third-order valence-corrected chi connectivity index (χ3v) is 5.57. The number of hydrogen-bond acceptors (Lipinski definition) is 5. The Morgan fingerprint density at radius 1 is 1.19 bits per heavy atom. The standard InChI is InChI=1S/C24H27N3O4/c1-4-11-31-17-7-5-16(6-8-17)23-20-21(19-15(3)12-14(2)13-18(19)29)25-26-22(20)24(30)27(23)9-10-28/h5-8,12-13,23,28-29H,4,9-11H2,1-3H3,(H,25,26)/t23-/m1/s1. The van der Waals surface area contributed by atoms with Crippen molar-refractivity contribution >= 4 is 5.91 Å². The van der Waals surface area contributed by atoms with Crippen LogP contribution in [0.25, 0.3) is 11.3 Å². The molecule has 0 fully saturated rings. The molecule has 3 N–H and O–H groups in total. The van der Waals surface area contributed by atoms with E-state index >= 15 is 0 Å². The van der Waals surface area contributed by atoms with Crippen LogP contribution in [0.5, 0.6) is 11.5 Å². The van der Waals surface area contributed by atoms with Gasteiger partial charge in [0.2, 0.25) is 0 Å². The van der Waals surface area contributed by atoms with Crippen molar-refractivity contribution in [1.82, 2.24) is 15.1 Å². The number of hydrogen-bond donors (Lipinski definition) is 3. The summed E-state index contributed by atoms with van der Waals surface area (Å²) in [5.74, 6) is 0.675. The lowest BCUT2D eigenvalue weighted by Crippen LogP contribution is -2.32. The van der Waals surface area contributed by atoms with E-state index in [-0.39, 0.29) is 24.8 Å². The molecule has 0 saturated carbocycles. The van der Waals surface area contributed by atoms with Gasteiger partial charge in [0.1, 0.15) is 22.9 Å². The minimum atomic E-state index is -0.427. The van der Waals surface area contributed by atoms with Gasteiger partial charge in [0.15, 0.2) is 0 Å². The number of nitrogens with one attached hydrogen (secondary N) is 1. The summed E-state index contributed by atoms with van der Waals surface area (Å²) in [5.41, 5.74) is 4.97. The number of phenols is 1. The normalized spacial score (nSPS) is 15.4. The molecule has 0 saturated heterocycles. The quantitative estimate of drug-likeness (QED) is 0.540. The summed E-state index contributed by atoms with van der Waals surface area (Å²) in [5, 5.41) is 27.6. The molecule has 1 aliphatic rings. The summed E-state index contributed by atoms with van der Waals surface area (Å²) >= 11 is 0. The van der Waals surface area contributed by atoms with Crippen LogP contribution in [0.4, 0.5) is 0 Å². The van der Waals surface area contributed by atoms with Crippen molar-refractivity contribution in [2.45, 2.75) is 33.2 Å². The Labute approximate surface area is 181 Å². The molecular formula is C24H27N3O4. The molecule has 2 heterocycles. The van der Waals surface area contributed by atoms with Gasteiger partial charge in [0, 0.05) is 17.7 Å². The van der Waals surface area contributed by atoms with Crippen LogP contribution in [0, 0.1) is 13.8 Å². The fraction of sp³-hybridized carbons (Fsp3) is 0.333. The van der Waals surface area contributed by atoms with Crippen LogP contribution in [0.2, 0.25) is 0 Å². The summed E-state index contributed by atoms with van der Waals surface area (Å²) in [6.07, 6.45) is 0.921. The van der Waals surface area contributed by atoms with E-state index in [1.807, 2.05) is 44.2 Å². The van der Waals surface area contributed by atoms with Crippen molar-refractivity contribution in [3.63, 3.8) is 0 Å². The van der Waals surface area contributed by atoms with Crippen LogP contribution in [0.15, 0.2) is 36.4 Å². The molecule has 7 nitrogen and oxygen atoms in total. The number of amides is 1. The second kappa shape index (κ2) is 8.43. The van der Waals surface area contributed by atoms with Gasteiger partial charge in [0.05, 0.1) is 19.3 Å². The number of rotatable bonds is 7. The van der Waals surface area contributed by atoms with Crippen molar-refractivity contribution in [2.75, 3.05) is 19.8 Å². The maximum absolute atomic E-state index is 13.1. The van der Waals surface area contributed by atoms with Crippen LogP contribution in [-0.4, -0.2) is 51.0 Å². The monoisotopic (exact) mass is 421 g/mol. The molecule has 2 aromatic carbocycles. The van der Waals surface area contributed by atoms with Gasteiger partial charge in [-0.3, -0.25) is 9.89 Å². The van der Waals surface area contributed by atoms with E-state index in [0.717, 1.165) is 28.9 Å². The molecule has 0 radical (unpaired) electrons. The zero-order valence-electron chi connectivity index (χ0n) is 18.0.